The van der Waals surface area contributed by atoms with Crippen molar-refractivity contribution in [3.8, 4) is 0 Å². The molecule has 106 valence electrons. The molecule has 0 amide bonds. The monoisotopic (exact) mass is 255 g/mol. The maximum absolute atomic E-state index is 6.00. The van der Waals surface area contributed by atoms with Crippen molar-refractivity contribution in [2.24, 2.45) is 11.8 Å². The Morgan fingerprint density at radius 2 is 1.83 bits per heavy atom. The van der Waals surface area contributed by atoms with Crippen molar-refractivity contribution < 1.29 is 9.47 Å². The molecule has 1 saturated heterocycles. The van der Waals surface area contributed by atoms with Crippen molar-refractivity contribution in [1.29, 1.82) is 0 Å². The summed E-state index contributed by atoms with van der Waals surface area (Å²) in [5.41, 5.74) is 0. The molecule has 1 aliphatic carbocycles. The molecule has 3 nitrogen and oxygen atoms in total. The van der Waals surface area contributed by atoms with Gasteiger partial charge in [0.05, 0.1) is 12.7 Å². The summed E-state index contributed by atoms with van der Waals surface area (Å²) in [6, 6.07) is 0.646. The summed E-state index contributed by atoms with van der Waals surface area (Å²) < 4.78 is 11.4. The van der Waals surface area contributed by atoms with Gasteiger partial charge in [0.25, 0.3) is 0 Å². The van der Waals surface area contributed by atoms with E-state index in [-0.39, 0.29) is 0 Å². The van der Waals surface area contributed by atoms with E-state index >= 15 is 0 Å². The van der Waals surface area contributed by atoms with Gasteiger partial charge in [-0.25, -0.2) is 0 Å². The molecule has 1 aliphatic heterocycles. The van der Waals surface area contributed by atoms with Crippen LogP contribution in [0.4, 0.5) is 0 Å². The van der Waals surface area contributed by atoms with E-state index in [1.54, 1.807) is 0 Å². The lowest BCUT2D eigenvalue weighted by Crippen LogP contribution is -2.37. The molecule has 2 aliphatic rings. The van der Waals surface area contributed by atoms with Crippen molar-refractivity contribution in [3.05, 3.63) is 0 Å². The fourth-order valence-corrected chi connectivity index (χ4v) is 3.04. The molecular formula is C15H29NO2. The molecule has 0 radical (unpaired) electrons. The summed E-state index contributed by atoms with van der Waals surface area (Å²) in [5, 5.41) is 3.58. The minimum atomic E-state index is 0.507. The van der Waals surface area contributed by atoms with Gasteiger partial charge in [0.15, 0.2) is 0 Å². The second kappa shape index (κ2) is 7.46. The van der Waals surface area contributed by atoms with Gasteiger partial charge in [-0.1, -0.05) is 13.8 Å². The Morgan fingerprint density at radius 1 is 1.06 bits per heavy atom. The molecule has 2 fully saturated rings. The molecule has 3 atom stereocenters. The van der Waals surface area contributed by atoms with Crippen LogP contribution in [0.3, 0.4) is 0 Å². The van der Waals surface area contributed by atoms with Crippen molar-refractivity contribution >= 4 is 0 Å². The summed E-state index contributed by atoms with van der Waals surface area (Å²) in [6.45, 7) is 8.41. The average molecular weight is 255 g/mol. The lowest BCUT2D eigenvalue weighted by molar-refractivity contribution is 0.00174. The number of hydrogen-bond acceptors (Lipinski definition) is 3. The molecule has 2 rings (SSSR count). The van der Waals surface area contributed by atoms with Crippen LogP contribution in [0, 0.1) is 11.8 Å². The number of hydrogen-bond donors (Lipinski definition) is 1. The minimum absolute atomic E-state index is 0.507. The molecule has 0 bridgehead atoms. The van der Waals surface area contributed by atoms with Crippen LogP contribution in [0.25, 0.3) is 0 Å². The van der Waals surface area contributed by atoms with Crippen LogP contribution in [0.5, 0.6) is 0 Å². The highest BCUT2D eigenvalue weighted by Crippen LogP contribution is 2.30. The van der Waals surface area contributed by atoms with Crippen molar-refractivity contribution in [1.82, 2.24) is 5.32 Å². The molecule has 1 N–H and O–H groups in total. The Labute approximate surface area is 112 Å². The first-order chi connectivity index (χ1) is 8.75. The lowest BCUT2D eigenvalue weighted by Gasteiger charge is -2.32. The molecular weight excluding hydrogens is 226 g/mol. The maximum Gasteiger partial charge on any atom is 0.0594 e. The smallest absolute Gasteiger partial charge is 0.0594 e. The first kappa shape index (κ1) is 14.3. The topological polar surface area (TPSA) is 30.5 Å². The Morgan fingerprint density at radius 3 is 2.56 bits per heavy atom. The van der Waals surface area contributed by atoms with E-state index in [1.165, 1.54) is 19.3 Å². The molecule has 18 heavy (non-hydrogen) atoms. The zero-order chi connectivity index (χ0) is 12.8. The first-order valence-corrected chi connectivity index (χ1v) is 7.68. The third-order valence-corrected chi connectivity index (χ3v) is 4.66. The van der Waals surface area contributed by atoms with E-state index < -0.39 is 0 Å². The molecule has 0 spiro atoms. The fourth-order valence-electron chi connectivity index (χ4n) is 3.04. The number of rotatable bonds is 5. The third kappa shape index (κ3) is 4.52. The van der Waals surface area contributed by atoms with Crippen LogP contribution in [-0.2, 0) is 9.47 Å². The maximum atomic E-state index is 6.00. The van der Waals surface area contributed by atoms with Crippen LogP contribution < -0.4 is 5.32 Å². The highest BCUT2D eigenvalue weighted by atomic mass is 16.5. The van der Waals surface area contributed by atoms with Crippen molar-refractivity contribution in [2.45, 2.75) is 58.1 Å². The Hall–Kier alpha value is -0.120. The Balaban J connectivity index is 1.52. The minimum Gasteiger partial charge on any atom is -0.381 e. The molecule has 1 heterocycles. The van der Waals surface area contributed by atoms with Crippen LogP contribution >= 0.6 is 0 Å². The normalized spacial score (nSPS) is 34.7. The molecule has 0 aromatic carbocycles. The number of ether oxygens (including phenoxy) is 2. The molecule has 0 aromatic rings. The van der Waals surface area contributed by atoms with Gasteiger partial charge in [-0.15, -0.1) is 0 Å². The SMILES string of the molecule is CC1CCC(OCCNC2CCOCC2)CC1C. The van der Waals surface area contributed by atoms with Gasteiger partial charge in [-0.05, 0) is 43.9 Å². The highest BCUT2D eigenvalue weighted by Gasteiger charge is 2.24. The summed E-state index contributed by atoms with van der Waals surface area (Å²) in [7, 11) is 0. The highest BCUT2D eigenvalue weighted by molar-refractivity contribution is 4.76. The van der Waals surface area contributed by atoms with Gasteiger partial charge >= 0.3 is 0 Å². The Kier molecular flexibility index (Phi) is 5.93. The molecule has 0 aromatic heterocycles. The van der Waals surface area contributed by atoms with E-state index in [1.807, 2.05) is 0 Å². The second-order valence-electron chi connectivity index (χ2n) is 6.10. The van der Waals surface area contributed by atoms with Gasteiger partial charge in [-0.3, -0.25) is 0 Å². The quantitative estimate of drug-likeness (QED) is 0.766. The lowest BCUT2D eigenvalue weighted by atomic mass is 9.80. The van der Waals surface area contributed by atoms with Gasteiger partial charge in [0, 0.05) is 25.8 Å². The molecule has 3 unspecified atom stereocenters. The van der Waals surface area contributed by atoms with Crippen molar-refractivity contribution in [3.63, 3.8) is 0 Å². The van der Waals surface area contributed by atoms with Crippen LogP contribution in [0.2, 0.25) is 0 Å². The van der Waals surface area contributed by atoms with Crippen LogP contribution in [0.15, 0.2) is 0 Å². The summed E-state index contributed by atoms with van der Waals surface area (Å²) >= 11 is 0. The van der Waals surface area contributed by atoms with Crippen LogP contribution in [-0.4, -0.2) is 38.5 Å². The molecule has 3 heteroatoms. The van der Waals surface area contributed by atoms with E-state index in [0.29, 0.717) is 12.1 Å². The molecule has 1 saturated carbocycles. The van der Waals surface area contributed by atoms with Gasteiger partial charge < -0.3 is 14.8 Å². The van der Waals surface area contributed by atoms with Gasteiger partial charge in [0.2, 0.25) is 0 Å². The first-order valence-electron chi connectivity index (χ1n) is 7.68. The second-order valence-corrected chi connectivity index (χ2v) is 6.10. The van der Waals surface area contributed by atoms with Gasteiger partial charge in [0.1, 0.15) is 0 Å². The predicted molar refractivity (Wildman–Crippen MR) is 73.8 cm³/mol. The van der Waals surface area contributed by atoms with E-state index in [4.69, 9.17) is 9.47 Å². The van der Waals surface area contributed by atoms with E-state index in [9.17, 15) is 0 Å². The predicted octanol–water partition coefficient (Wildman–Crippen LogP) is 2.60. The standard InChI is InChI=1S/C15H29NO2/c1-12-3-4-15(11-13(12)2)18-10-7-16-14-5-8-17-9-6-14/h12-16H,3-11H2,1-2H3. The third-order valence-electron chi connectivity index (χ3n) is 4.66. The van der Waals surface area contributed by atoms with Gasteiger partial charge in [-0.2, -0.15) is 0 Å². The summed E-state index contributed by atoms with van der Waals surface area (Å²) in [6.07, 6.45) is 6.64. The van der Waals surface area contributed by atoms with E-state index in [0.717, 1.165) is 51.0 Å². The zero-order valence-electron chi connectivity index (χ0n) is 12.0. The average Bonchev–Trinajstić information content (AvgIpc) is 2.40. The summed E-state index contributed by atoms with van der Waals surface area (Å²) in [4.78, 5) is 0. The zero-order valence-corrected chi connectivity index (χ0v) is 12.0. The fraction of sp³-hybridized carbons (Fsp3) is 1.00. The number of nitrogens with one attached hydrogen (secondary N) is 1. The van der Waals surface area contributed by atoms with Crippen molar-refractivity contribution in [2.75, 3.05) is 26.4 Å². The summed E-state index contributed by atoms with van der Waals surface area (Å²) in [5.74, 6) is 1.71. The van der Waals surface area contributed by atoms with Crippen LogP contribution in [0.1, 0.15) is 46.0 Å². The Bertz CT molecular complexity index is 229. The van der Waals surface area contributed by atoms with E-state index in [2.05, 4.69) is 19.2 Å². The largest absolute Gasteiger partial charge is 0.381 e.